The van der Waals surface area contributed by atoms with Crippen LogP contribution < -0.4 is 14.8 Å². The van der Waals surface area contributed by atoms with Crippen LogP contribution in [0.5, 0.6) is 11.5 Å². The van der Waals surface area contributed by atoms with E-state index in [1.54, 1.807) is 19.1 Å². The van der Waals surface area contributed by atoms with Crippen molar-refractivity contribution in [2.45, 2.75) is 13.0 Å². The van der Waals surface area contributed by atoms with Gasteiger partial charge in [-0.15, -0.1) is 0 Å². The van der Waals surface area contributed by atoms with Crippen LogP contribution in [0.2, 0.25) is 0 Å². The van der Waals surface area contributed by atoms with Gasteiger partial charge >= 0.3 is 5.97 Å². The van der Waals surface area contributed by atoms with E-state index in [1.807, 2.05) is 6.07 Å². The van der Waals surface area contributed by atoms with Crippen molar-refractivity contribution in [1.82, 2.24) is 5.32 Å². The maximum Gasteiger partial charge on any atom is 0.331 e. The molecule has 0 saturated carbocycles. The molecule has 2 aromatic rings. The summed E-state index contributed by atoms with van der Waals surface area (Å²) in [7, 11) is 0. The van der Waals surface area contributed by atoms with E-state index in [0.717, 1.165) is 11.6 Å². The molecule has 29 heavy (non-hydrogen) atoms. The first-order valence-corrected chi connectivity index (χ1v) is 8.70. The maximum absolute atomic E-state index is 12.0. The number of benzene rings is 2. The molecule has 0 aliphatic carbocycles. The number of esters is 1. The van der Waals surface area contributed by atoms with Crippen LogP contribution >= 0.6 is 0 Å². The Morgan fingerprint density at radius 2 is 1.93 bits per heavy atom. The molecular formula is C20H18N2O7. The van der Waals surface area contributed by atoms with Gasteiger partial charge in [-0.1, -0.05) is 6.07 Å². The summed E-state index contributed by atoms with van der Waals surface area (Å²) in [5.74, 6) is 0.119. The van der Waals surface area contributed by atoms with Gasteiger partial charge in [0, 0.05) is 18.2 Å². The summed E-state index contributed by atoms with van der Waals surface area (Å²) < 4.78 is 15.5. The fourth-order valence-corrected chi connectivity index (χ4v) is 2.61. The fourth-order valence-electron chi connectivity index (χ4n) is 2.61. The summed E-state index contributed by atoms with van der Waals surface area (Å²) in [5.41, 5.74) is 1.37. The second-order valence-electron chi connectivity index (χ2n) is 6.19. The molecule has 150 valence electrons. The smallest absolute Gasteiger partial charge is 0.331 e. The molecule has 9 heteroatoms. The Morgan fingerprint density at radius 3 is 2.66 bits per heavy atom. The zero-order chi connectivity index (χ0) is 20.8. The average Bonchev–Trinajstić information content (AvgIpc) is 3.18. The summed E-state index contributed by atoms with van der Waals surface area (Å²) >= 11 is 0. The summed E-state index contributed by atoms with van der Waals surface area (Å²) in [4.78, 5) is 33.9. The number of ether oxygens (including phenoxy) is 3. The third-order valence-corrected chi connectivity index (χ3v) is 4.14. The molecule has 3 rings (SSSR count). The summed E-state index contributed by atoms with van der Waals surface area (Å²) in [6.45, 7) is 1.53. The average molecular weight is 398 g/mol. The molecule has 0 unspecified atom stereocenters. The first-order valence-electron chi connectivity index (χ1n) is 8.70. The van der Waals surface area contributed by atoms with E-state index in [4.69, 9.17) is 14.2 Å². The highest BCUT2D eigenvalue weighted by Crippen LogP contribution is 2.34. The minimum absolute atomic E-state index is 0.0435. The van der Waals surface area contributed by atoms with Crippen molar-refractivity contribution in [3.05, 3.63) is 69.8 Å². The normalized spacial score (nSPS) is 13.1. The number of fused-ring (bicyclic) bond motifs is 1. The SMILES string of the molecule is C[C@H](NC(=O)COC(=O)/C=C/c1ccc([N+](=O)[O-])cc1)c1ccc2c(c1)OCO2. The number of carbonyl (C=O) groups is 2. The first-order chi connectivity index (χ1) is 13.9. The Balaban J connectivity index is 1.46. The van der Waals surface area contributed by atoms with Crippen LogP contribution in [0.15, 0.2) is 48.5 Å². The number of carbonyl (C=O) groups excluding carboxylic acids is 2. The first kappa shape index (κ1) is 19.9. The van der Waals surface area contributed by atoms with Crippen LogP contribution in [0.4, 0.5) is 5.69 Å². The van der Waals surface area contributed by atoms with Gasteiger partial charge in [0.25, 0.3) is 11.6 Å². The second-order valence-corrected chi connectivity index (χ2v) is 6.19. The Bertz CT molecular complexity index is 954. The van der Waals surface area contributed by atoms with Crippen molar-refractivity contribution in [2.24, 2.45) is 0 Å². The predicted molar refractivity (Wildman–Crippen MR) is 102 cm³/mol. The molecule has 1 amide bonds. The minimum Gasteiger partial charge on any atom is -0.454 e. The van der Waals surface area contributed by atoms with Crippen molar-refractivity contribution < 1.29 is 28.7 Å². The number of rotatable bonds is 7. The topological polar surface area (TPSA) is 117 Å². The molecule has 9 nitrogen and oxygen atoms in total. The van der Waals surface area contributed by atoms with E-state index in [-0.39, 0.29) is 18.5 Å². The highest BCUT2D eigenvalue weighted by molar-refractivity contribution is 5.89. The lowest BCUT2D eigenvalue weighted by Crippen LogP contribution is -2.30. The molecule has 1 atom stereocenters. The molecule has 1 heterocycles. The van der Waals surface area contributed by atoms with Crippen molar-refractivity contribution in [3.8, 4) is 11.5 Å². The summed E-state index contributed by atoms with van der Waals surface area (Å²) in [6.07, 6.45) is 2.59. The van der Waals surface area contributed by atoms with Gasteiger partial charge in [-0.3, -0.25) is 14.9 Å². The van der Waals surface area contributed by atoms with Gasteiger partial charge in [0.15, 0.2) is 18.1 Å². The van der Waals surface area contributed by atoms with E-state index >= 15 is 0 Å². The zero-order valence-corrected chi connectivity index (χ0v) is 15.5. The van der Waals surface area contributed by atoms with Gasteiger partial charge in [0.2, 0.25) is 6.79 Å². The molecule has 0 saturated heterocycles. The third kappa shape index (κ3) is 5.32. The molecule has 1 aliphatic rings. The van der Waals surface area contributed by atoms with E-state index in [9.17, 15) is 19.7 Å². The number of nitrogens with zero attached hydrogens (tertiary/aromatic N) is 1. The molecule has 2 aromatic carbocycles. The molecule has 0 spiro atoms. The van der Waals surface area contributed by atoms with Crippen molar-refractivity contribution in [1.29, 1.82) is 0 Å². The standard InChI is InChI=1S/C20H18N2O7/c1-13(15-5-8-17-18(10-15)29-12-28-17)21-19(23)11-27-20(24)9-4-14-2-6-16(7-3-14)22(25)26/h2-10,13H,11-12H2,1H3,(H,21,23)/b9-4+/t13-/m0/s1. The van der Waals surface area contributed by atoms with Crippen LogP contribution in [-0.2, 0) is 14.3 Å². The van der Waals surface area contributed by atoms with E-state index in [2.05, 4.69) is 5.32 Å². The van der Waals surface area contributed by atoms with Gasteiger partial charge in [-0.2, -0.15) is 0 Å². The minimum atomic E-state index is -0.700. The Labute approximate surface area is 166 Å². The van der Waals surface area contributed by atoms with Gasteiger partial charge < -0.3 is 19.5 Å². The largest absolute Gasteiger partial charge is 0.454 e. The van der Waals surface area contributed by atoms with Gasteiger partial charge in [-0.05, 0) is 48.4 Å². The van der Waals surface area contributed by atoms with Crippen LogP contribution in [-0.4, -0.2) is 30.2 Å². The van der Waals surface area contributed by atoms with Crippen molar-refractivity contribution >= 4 is 23.6 Å². The highest BCUT2D eigenvalue weighted by Gasteiger charge is 2.17. The van der Waals surface area contributed by atoms with Crippen molar-refractivity contribution in [2.75, 3.05) is 13.4 Å². The summed E-state index contributed by atoms with van der Waals surface area (Å²) in [6, 6.07) is 10.7. The van der Waals surface area contributed by atoms with Crippen LogP contribution in [0.3, 0.4) is 0 Å². The van der Waals surface area contributed by atoms with Crippen LogP contribution in [0, 0.1) is 10.1 Å². The fraction of sp³-hybridized carbons (Fsp3) is 0.200. The number of nitro benzene ring substituents is 1. The summed E-state index contributed by atoms with van der Waals surface area (Å²) in [5, 5.41) is 13.3. The third-order valence-electron chi connectivity index (χ3n) is 4.14. The number of nitrogens with one attached hydrogen (secondary N) is 1. The number of nitro groups is 1. The quantitative estimate of drug-likeness (QED) is 0.330. The lowest BCUT2D eigenvalue weighted by Gasteiger charge is -2.14. The molecule has 1 N–H and O–H groups in total. The molecule has 0 fully saturated rings. The van der Waals surface area contributed by atoms with Gasteiger partial charge in [-0.25, -0.2) is 4.79 Å². The van der Waals surface area contributed by atoms with Crippen molar-refractivity contribution in [3.63, 3.8) is 0 Å². The molecule has 0 bridgehead atoms. The van der Waals surface area contributed by atoms with Crippen LogP contribution in [0.25, 0.3) is 6.08 Å². The number of hydrogen-bond acceptors (Lipinski definition) is 7. The van der Waals surface area contributed by atoms with Gasteiger partial charge in [0.05, 0.1) is 11.0 Å². The highest BCUT2D eigenvalue weighted by atomic mass is 16.7. The second kappa shape index (κ2) is 8.87. The monoisotopic (exact) mass is 398 g/mol. The zero-order valence-electron chi connectivity index (χ0n) is 15.5. The predicted octanol–water partition coefficient (Wildman–Crippen LogP) is 2.76. The van der Waals surface area contributed by atoms with Crippen LogP contribution in [0.1, 0.15) is 24.1 Å². The molecular weight excluding hydrogens is 380 g/mol. The molecule has 0 aromatic heterocycles. The van der Waals surface area contributed by atoms with E-state index < -0.39 is 23.4 Å². The molecule has 1 aliphatic heterocycles. The molecule has 0 radical (unpaired) electrons. The van der Waals surface area contributed by atoms with Gasteiger partial charge in [0.1, 0.15) is 0 Å². The Morgan fingerprint density at radius 1 is 1.21 bits per heavy atom. The Hall–Kier alpha value is -3.88. The number of amides is 1. The Kier molecular flexibility index (Phi) is 6.08. The number of hydrogen-bond donors (Lipinski definition) is 1. The number of non-ortho nitro benzene ring substituents is 1. The van der Waals surface area contributed by atoms with E-state index in [1.165, 1.54) is 30.3 Å². The lowest BCUT2D eigenvalue weighted by atomic mass is 10.1. The van der Waals surface area contributed by atoms with E-state index in [0.29, 0.717) is 17.1 Å². The lowest BCUT2D eigenvalue weighted by molar-refractivity contribution is -0.384. The maximum atomic E-state index is 12.0.